The molecule has 1 rings (SSSR count). The van der Waals surface area contributed by atoms with Crippen LogP contribution in [0.3, 0.4) is 0 Å². The van der Waals surface area contributed by atoms with Gasteiger partial charge in [-0.15, -0.1) is 0 Å². The number of nitrogens with one attached hydrogen (secondary N) is 2. The molecular formula is C7H16N2O2. The second-order valence-corrected chi connectivity index (χ2v) is 3.11. The average Bonchev–Trinajstić information content (AvgIpc) is 2.27. The maximum absolute atomic E-state index is 8.72. The number of hydrogen-bond donors (Lipinski definition) is 4. The molecule has 4 nitrogen and oxygen atoms in total. The van der Waals surface area contributed by atoms with Crippen LogP contribution in [-0.2, 0) is 0 Å². The van der Waals surface area contributed by atoms with Gasteiger partial charge in [-0.25, -0.2) is 11.0 Å². The molecule has 1 saturated carbocycles. The second kappa shape index (κ2) is 4.66. The zero-order valence-electron chi connectivity index (χ0n) is 6.58. The van der Waals surface area contributed by atoms with Gasteiger partial charge in [-0.1, -0.05) is 19.3 Å². The molecule has 4 heteroatoms. The molecule has 1 aliphatic rings. The van der Waals surface area contributed by atoms with Gasteiger partial charge < -0.3 is 10.4 Å². The van der Waals surface area contributed by atoms with Crippen LogP contribution in [0.1, 0.15) is 32.1 Å². The van der Waals surface area contributed by atoms with E-state index in [0.717, 1.165) is 25.7 Å². The van der Waals surface area contributed by atoms with Crippen LogP contribution < -0.4 is 11.0 Å². The third-order valence-corrected chi connectivity index (χ3v) is 2.35. The van der Waals surface area contributed by atoms with Crippen LogP contribution in [0.5, 0.6) is 0 Å². The monoisotopic (exact) mass is 160 g/mol. The minimum Gasteiger partial charge on any atom is -0.316 e. The molecular weight excluding hydrogens is 144 g/mol. The van der Waals surface area contributed by atoms with Crippen molar-refractivity contribution in [1.29, 1.82) is 0 Å². The largest absolute Gasteiger partial charge is 0.316 e. The lowest BCUT2D eigenvalue weighted by Crippen LogP contribution is -2.44. The van der Waals surface area contributed by atoms with E-state index in [-0.39, 0.29) is 12.1 Å². The van der Waals surface area contributed by atoms with Gasteiger partial charge in [-0.2, -0.15) is 0 Å². The summed E-state index contributed by atoms with van der Waals surface area (Å²) in [7, 11) is 0. The van der Waals surface area contributed by atoms with Crippen LogP contribution in [0, 0.1) is 0 Å². The third-order valence-electron chi connectivity index (χ3n) is 2.35. The van der Waals surface area contributed by atoms with Gasteiger partial charge in [0.05, 0.1) is 0 Å². The first-order valence-corrected chi connectivity index (χ1v) is 4.17. The molecule has 2 atom stereocenters. The smallest absolute Gasteiger partial charge is 0.0495 e. The van der Waals surface area contributed by atoms with E-state index in [1.54, 1.807) is 0 Å². The molecule has 0 aromatic carbocycles. The van der Waals surface area contributed by atoms with Gasteiger partial charge in [0.25, 0.3) is 0 Å². The standard InChI is InChI=1S/C7H16N2O2/c10-8-6-4-2-1-3-5-7(6)9-11/h6-11H,1-5H2/t6-,7-/m0/s1. The lowest BCUT2D eigenvalue weighted by atomic mass is 10.1. The fraction of sp³-hybridized carbons (Fsp3) is 1.00. The van der Waals surface area contributed by atoms with Crippen molar-refractivity contribution >= 4 is 0 Å². The lowest BCUT2D eigenvalue weighted by molar-refractivity contribution is 0.0483. The summed E-state index contributed by atoms with van der Waals surface area (Å²) in [5, 5.41) is 17.4. The first-order valence-electron chi connectivity index (χ1n) is 4.17. The Morgan fingerprint density at radius 2 is 1.27 bits per heavy atom. The van der Waals surface area contributed by atoms with Gasteiger partial charge in [0.1, 0.15) is 0 Å². The van der Waals surface area contributed by atoms with Crippen LogP contribution in [0.4, 0.5) is 0 Å². The number of hydroxylamine groups is 2. The van der Waals surface area contributed by atoms with E-state index in [2.05, 4.69) is 11.0 Å². The van der Waals surface area contributed by atoms with Crippen molar-refractivity contribution in [1.82, 2.24) is 11.0 Å². The molecule has 1 aliphatic carbocycles. The maximum atomic E-state index is 8.72. The SMILES string of the molecule is ON[C@H]1CCCCC[C@@H]1NO. The predicted molar refractivity (Wildman–Crippen MR) is 40.5 cm³/mol. The third kappa shape index (κ3) is 2.41. The highest BCUT2D eigenvalue weighted by Gasteiger charge is 2.21. The Hall–Kier alpha value is -0.160. The molecule has 0 saturated heterocycles. The summed E-state index contributed by atoms with van der Waals surface area (Å²) in [5.41, 5.74) is 4.44. The topological polar surface area (TPSA) is 64.5 Å². The zero-order valence-corrected chi connectivity index (χ0v) is 6.58. The fourth-order valence-electron chi connectivity index (χ4n) is 1.62. The Morgan fingerprint density at radius 3 is 1.64 bits per heavy atom. The fourth-order valence-corrected chi connectivity index (χ4v) is 1.62. The van der Waals surface area contributed by atoms with Crippen LogP contribution in [0.2, 0.25) is 0 Å². The molecule has 0 unspecified atom stereocenters. The Morgan fingerprint density at radius 1 is 0.818 bits per heavy atom. The van der Waals surface area contributed by atoms with Gasteiger partial charge in [-0.05, 0) is 12.8 Å². The Bertz CT molecular complexity index is 98.6. The minimum atomic E-state index is 0.00231. The summed E-state index contributed by atoms with van der Waals surface area (Å²) in [5.74, 6) is 0. The van der Waals surface area contributed by atoms with Crippen LogP contribution in [0.15, 0.2) is 0 Å². The van der Waals surface area contributed by atoms with Crippen molar-refractivity contribution in [3.05, 3.63) is 0 Å². The predicted octanol–water partition coefficient (Wildman–Crippen LogP) is 0.645. The molecule has 0 bridgehead atoms. The van der Waals surface area contributed by atoms with Crippen molar-refractivity contribution in [2.24, 2.45) is 0 Å². The summed E-state index contributed by atoms with van der Waals surface area (Å²) in [6.45, 7) is 0. The molecule has 66 valence electrons. The molecule has 0 amide bonds. The van der Waals surface area contributed by atoms with E-state index in [1.807, 2.05) is 0 Å². The Labute approximate surface area is 66.5 Å². The van der Waals surface area contributed by atoms with Gasteiger partial charge in [-0.3, -0.25) is 0 Å². The van der Waals surface area contributed by atoms with Gasteiger partial charge in [0.15, 0.2) is 0 Å². The minimum absolute atomic E-state index is 0.00231. The molecule has 4 N–H and O–H groups in total. The molecule has 0 spiro atoms. The van der Waals surface area contributed by atoms with Crippen molar-refractivity contribution in [3.8, 4) is 0 Å². The van der Waals surface area contributed by atoms with E-state index in [4.69, 9.17) is 10.4 Å². The molecule has 1 fully saturated rings. The maximum Gasteiger partial charge on any atom is 0.0495 e. The second-order valence-electron chi connectivity index (χ2n) is 3.11. The number of rotatable bonds is 2. The Kier molecular flexibility index (Phi) is 3.79. The summed E-state index contributed by atoms with van der Waals surface area (Å²) in [4.78, 5) is 0. The highest BCUT2D eigenvalue weighted by molar-refractivity contribution is 4.79. The van der Waals surface area contributed by atoms with Gasteiger partial charge in [0.2, 0.25) is 0 Å². The molecule has 0 radical (unpaired) electrons. The summed E-state index contributed by atoms with van der Waals surface area (Å²) >= 11 is 0. The van der Waals surface area contributed by atoms with E-state index in [9.17, 15) is 0 Å². The highest BCUT2D eigenvalue weighted by Crippen LogP contribution is 2.17. The normalized spacial score (nSPS) is 33.3. The van der Waals surface area contributed by atoms with Gasteiger partial charge in [0, 0.05) is 12.1 Å². The van der Waals surface area contributed by atoms with Crippen LogP contribution >= 0.6 is 0 Å². The van der Waals surface area contributed by atoms with E-state index in [1.165, 1.54) is 6.42 Å². The molecule has 11 heavy (non-hydrogen) atoms. The van der Waals surface area contributed by atoms with Crippen molar-refractivity contribution in [3.63, 3.8) is 0 Å². The van der Waals surface area contributed by atoms with Gasteiger partial charge >= 0.3 is 0 Å². The lowest BCUT2D eigenvalue weighted by Gasteiger charge is -2.21. The zero-order chi connectivity index (χ0) is 8.10. The summed E-state index contributed by atoms with van der Waals surface area (Å²) in [6, 6.07) is 0.00463. The van der Waals surface area contributed by atoms with Crippen LogP contribution in [0.25, 0.3) is 0 Å². The molecule has 0 aliphatic heterocycles. The first-order chi connectivity index (χ1) is 5.38. The average molecular weight is 160 g/mol. The molecule has 0 aromatic heterocycles. The molecule has 0 heterocycles. The van der Waals surface area contributed by atoms with Crippen LogP contribution in [-0.4, -0.2) is 22.5 Å². The molecule has 0 aromatic rings. The first kappa shape index (κ1) is 8.93. The van der Waals surface area contributed by atoms with Crippen molar-refractivity contribution in [2.45, 2.75) is 44.2 Å². The van der Waals surface area contributed by atoms with E-state index >= 15 is 0 Å². The summed E-state index contributed by atoms with van der Waals surface area (Å²) in [6.07, 6.45) is 5.28. The van der Waals surface area contributed by atoms with Crippen molar-refractivity contribution < 1.29 is 10.4 Å². The highest BCUT2D eigenvalue weighted by atomic mass is 16.5. The summed E-state index contributed by atoms with van der Waals surface area (Å²) < 4.78 is 0. The Balaban J connectivity index is 2.41. The van der Waals surface area contributed by atoms with Crippen molar-refractivity contribution in [2.75, 3.05) is 0 Å². The van der Waals surface area contributed by atoms with E-state index in [0.29, 0.717) is 0 Å². The van der Waals surface area contributed by atoms with E-state index < -0.39 is 0 Å². The number of hydrogen-bond acceptors (Lipinski definition) is 4. The quantitative estimate of drug-likeness (QED) is 0.354.